The van der Waals surface area contributed by atoms with Crippen LogP contribution in [0.2, 0.25) is 0 Å². The molecule has 0 amide bonds. The molecule has 92 valence electrons. The quantitative estimate of drug-likeness (QED) is 0.611. The fraction of sp³-hybridized carbons (Fsp3) is 0.0769. The highest BCUT2D eigenvalue weighted by Gasteiger charge is 2.17. The number of aryl methyl sites for hydroxylation is 1. The van der Waals surface area contributed by atoms with Crippen molar-refractivity contribution < 1.29 is 14.1 Å². The van der Waals surface area contributed by atoms with Gasteiger partial charge >= 0.3 is 5.69 Å². The van der Waals surface area contributed by atoms with Gasteiger partial charge in [-0.05, 0) is 30.7 Å². The third kappa shape index (κ3) is 2.45. The summed E-state index contributed by atoms with van der Waals surface area (Å²) in [7, 11) is 0. The number of benzene rings is 2. The van der Waals surface area contributed by atoms with E-state index >= 15 is 0 Å². The predicted octanol–water partition coefficient (Wildman–Crippen LogP) is 3.83. The van der Waals surface area contributed by atoms with Gasteiger partial charge in [0.25, 0.3) is 0 Å². The van der Waals surface area contributed by atoms with E-state index in [0.717, 1.165) is 17.7 Å². The van der Waals surface area contributed by atoms with Crippen LogP contribution in [0.1, 0.15) is 5.56 Å². The van der Waals surface area contributed by atoms with Crippen LogP contribution in [0.3, 0.4) is 0 Å². The lowest BCUT2D eigenvalue weighted by Crippen LogP contribution is -1.95. The van der Waals surface area contributed by atoms with E-state index in [-0.39, 0.29) is 5.75 Å². The molecule has 0 atom stereocenters. The van der Waals surface area contributed by atoms with Crippen molar-refractivity contribution in [3.8, 4) is 11.5 Å². The minimum absolute atomic E-state index is 0.0238. The van der Waals surface area contributed by atoms with E-state index in [1.165, 1.54) is 6.07 Å². The highest BCUT2D eigenvalue weighted by atomic mass is 19.1. The zero-order valence-electron chi connectivity index (χ0n) is 9.59. The van der Waals surface area contributed by atoms with Crippen LogP contribution in [-0.2, 0) is 0 Å². The summed E-state index contributed by atoms with van der Waals surface area (Å²) in [6.45, 7) is 1.82. The van der Waals surface area contributed by atoms with Crippen molar-refractivity contribution in [1.29, 1.82) is 0 Å². The second-order valence-electron chi connectivity index (χ2n) is 3.74. The third-order valence-corrected chi connectivity index (χ3v) is 2.43. The summed E-state index contributed by atoms with van der Waals surface area (Å²) in [6, 6.07) is 10.3. The Morgan fingerprint density at radius 2 is 1.89 bits per heavy atom. The zero-order valence-corrected chi connectivity index (χ0v) is 9.59. The van der Waals surface area contributed by atoms with Crippen molar-refractivity contribution >= 4 is 5.69 Å². The van der Waals surface area contributed by atoms with E-state index in [4.69, 9.17) is 4.74 Å². The first-order valence-corrected chi connectivity index (χ1v) is 5.25. The van der Waals surface area contributed by atoms with E-state index < -0.39 is 16.4 Å². The normalized spacial score (nSPS) is 10.1. The fourth-order valence-electron chi connectivity index (χ4n) is 1.51. The number of ether oxygens (including phenoxy) is 1. The van der Waals surface area contributed by atoms with Crippen LogP contribution in [0, 0.1) is 22.9 Å². The highest BCUT2D eigenvalue weighted by molar-refractivity contribution is 5.49. The van der Waals surface area contributed by atoms with Gasteiger partial charge in [0, 0.05) is 0 Å². The lowest BCUT2D eigenvalue weighted by Gasteiger charge is -2.08. The van der Waals surface area contributed by atoms with Crippen molar-refractivity contribution in [2.45, 2.75) is 6.92 Å². The Balaban J connectivity index is 2.41. The van der Waals surface area contributed by atoms with Crippen molar-refractivity contribution in [1.82, 2.24) is 0 Å². The third-order valence-electron chi connectivity index (χ3n) is 2.43. The maximum Gasteiger partial charge on any atom is 0.314 e. The molecule has 5 heteroatoms. The van der Waals surface area contributed by atoms with Crippen LogP contribution in [-0.4, -0.2) is 4.92 Å². The van der Waals surface area contributed by atoms with Crippen LogP contribution < -0.4 is 4.74 Å². The van der Waals surface area contributed by atoms with E-state index in [9.17, 15) is 14.5 Å². The summed E-state index contributed by atoms with van der Waals surface area (Å²) >= 11 is 0. The van der Waals surface area contributed by atoms with Gasteiger partial charge in [-0.1, -0.05) is 18.2 Å². The molecule has 2 rings (SSSR count). The Hall–Kier alpha value is -2.43. The zero-order chi connectivity index (χ0) is 13.1. The number of hydrogen-bond acceptors (Lipinski definition) is 3. The highest BCUT2D eigenvalue weighted by Crippen LogP contribution is 2.32. The molecule has 0 fully saturated rings. The van der Waals surface area contributed by atoms with Gasteiger partial charge in [-0.25, -0.2) is 4.39 Å². The second kappa shape index (κ2) is 4.83. The number of hydrogen-bond donors (Lipinski definition) is 0. The number of nitro groups is 1. The number of halogens is 1. The van der Waals surface area contributed by atoms with Gasteiger partial charge < -0.3 is 4.74 Å². The number of nitro benzene ring substituents is 1. The van der Waals surface area contributed by atoms with Gasteiger partial charge in [-0.15, -0.1) is 0 Å². The number of rotatable bonds is 3. The number of para-hydroxylation sites is 1. The maximum absolute atomic E-state index is 13.0. The van der Waals surface area contributed by atoms with Gasteiger partial charge in [-0.3, -0.25) is 10.1 Å². The van der Waals surface area contributed by atoms with E-state index in [0.29, 0.717) is 5.75 Å². The van der Waals surface area contributed by atoms with Crippen molar-refractivity contribution in [2.24, 2.45) is 0 Å². The molecule has 0 aliphatic rings. The molecule has 0 saturated carbocycles. The lowest BCUT2D eigenvalue weighted by atomic mass is 10.2. The molecule has 0 saturated heterocycles. The Labute approximate surface area is 103 Å². The molecular formula is C13H10FNO3. The van der Waals surface area contributed by atoms with E-state index in [2.05, 4.69) is 0 Å². The molecule has 0 unspecified atom stereocenters. The van der Waals surface area contributed by atoms with Crippen LogP contribution in [0.15, 0.2) is 42.5 Å². The Kier molecular flexibility index (Phi) is 3.23. The second-order valence-corrected chi connectivity index (χ2v) is 3.74. The average Bonchev–Trinajstić information content (AvgIpc) is 2.34. The first-order valence-electron chi connectivity index (χ1n) is 5.25. The minimum Gasteiger partial charge on any atom is -0.450 e. The summed E-state index contributed by atoms with van der Waals surface area (Å²) < 4.78 is 18.4. The minimum atomic E-state index is -0.670. The molecule has 0 N–H and O–H groups in total. The molecule has 0 spiro atoms. The standard InChI is InChI=1S/C13H10FNO3/c1-9-4-2-3-5-12(9)18-13-7-6-10(14)8-11(13)15(16)17/h2-8H,1H3. The molecule has 0 aromatic heterocycles. The largest absolute Gasteiger partial charge is 0.450 e. The molecule has 0 radical (unpaired) electrons. The fourth-order valence-corrected chi connectivity index (χ4v) is 1.51. The summed E-state index contributed by atoms with van der Waals surface area (Å²) in [5.41, 5.74) is 0.453. The van der Waals surface area contributed by atoms with Crippen LogP contribution in [0.25, 0.3) is 0 Å². The summed E-state index contributed by atoms with van der Waals surface area (Å²) in [6.07, 6.45) is 0. The van der Waals surface area contributed by atoms with Crippen LogP contribution in [0.5, 0.6) is 11.5 Å². The molecule has 2 aromatic rings. The van der Waals surface area contributed by atoms with E-state index in [1.807, 2.05) is 19.1 Å². The van der Waals surface area contributed by atoms with Gasteiger partial charge in [0.1, 0.15) is 11.6 Å². The summed E-state index contributed by atoms with van der Waals surface area (Å²) in [5.74, 6) is -0.137. The first-order chi connectivity index (χ1) is 8.58. The lowest BCUT2D eigenvalue weighted by molar-refractivity contribution is -0.385. The van der Waals surface area contributed by atoms with Crippen LogP contribution >= 0.6 is 0 Å². The Morgan fingerprint density at radius 1 is 1.17 bits per heavy atom. The topological polar surface area (TPSA) is 52.4 Å². The molecule has 0 aliphatic heterocycles. The maximum atomic E-state index is 13.0. The predicted molar refractivity (Wildman–Crippen MR) is 64.3 cm³/mol. The van der Waals surface area contributed by atoms with Gasteiger partial charge in [0.05, 0.1) is 11.0 Å². The molecule has 0 bridgehead atoms. The molecule has 2 aromatic carbocycles. The summed E-state index contributed by atoms with van der Waals surface area (Å²) in [4.78, 5) is 10.1. The molecular weight excluding hydrogens is 237 g/mol. The van der Waals surface area contributed by atoms with Crippen molar-refractivity contribution in [2.75, 3.05) is 0 Å². The molecule has 4 nitrogen and oxygen atoms in total. The van der Waals surface area contributed by atoms with Crippen molar-refractivity contribution in [3.05, 3.63) is 64.0 Å². The Morgan fingerprint density at radius 3 is 2.56 bits per heavy atom. The number of nitrogens with zero attached hydrogens (tertiary/aromatic N) is 1. The van der Waals surface area contributed by atoms with Crippen molar-refractivity contribution in [3.63, 3.8) is 0 Å². The SMILES string of the molecule is Cc1ccccc1Oc1ccc(F)cc1[N+](=O)[O-]. The molecule has 0 aliphatic carbocycles. The average molecular weight is 247 g/mol. The molecule has 18 heavy (non-hydrogen) atoms. The van der Waals surface area contributed by atoms with Crippen LogP contribution in [0.4, 0.5) is 10.1 Å². The molecule has 0 heterocycles. The van der Waals surface area contributed by atoms with E-state index in [1.54, 1.807) is 12.1 Å². The smallest absolute Gasteiger partial charge is 0.314 e. The van der Waals surface area contributed by atoms with Gasteiger partial charge in [0.15, 0.2) is 0 Å². The summed E-state index contributed by atoms with van der Waals surface area (Å²) in [5, 5.41) is 10.8. The first kappa shape index (κ1) is 12.0. The monoisotopic (exact) mass is 247 g/mol. The van der Waals surface area contributed by atoms with Gasteiger partial charge in [-0.2, -0.15) is 0 Å². The van der Waals surface area contributed by atoms with Gasteiger partial charge in [0.2, 0.25) is 5.75 Å². The Bertz CT molecular complexity index is 599.